The number of aryl methyl sites for hydroxylation is 1. The lowest BCUT2D eigenvalue weighted by molar-refractivity contribution is -0.117. The van der Waals surface area contributed by atoms with Crippen LogP contribution in [0.2, 0.25) is 0 Å². The molecule has 1 aromatic heterocycles. The SMILES string of the molecule is Cc1[nH]nc2cc(N3CC(CCl)CC3=O)ccc12. The Bertz CT molecular complexity index is 607. The Labute approximate surface area is 110 Å². The van der Waals surface area contributed by atoms with E-state index in [-0.39, 0.29) is 11.8 Å². The van der Waals surface area contributed by atoms with E-state index in [0.29, 0.717) is 18.8 Å². The van der Waals surface area contributed by atoms with E-state index in [0.717, 1.165) is 22.3 Å². The highest BCUT2D eigenvalue weighted by molar-refractivity contribution is 6.18. The first-order valence-corrected chi connectivity index (χ1v) is 6.53. The number of benzene rings is 1. The first-order chi connectivity index (χ1) is 8.69. The van der Waals surface area contributed by atoms with Crippen LogP contribution in [-0.4, -0.2) is 28.5 Å². The van der Waals surface area contributed by atoms with Crippen molar-refractivity contribution in [1.82, 2.24) is 10.2 Å². The number of hydrogen-bond acceptors (Lipinski definition) is 2. The van der Waals surface area contributed by atoms with Crippen molar-refractivity contribution in [2.24, 2.45) is 5.92 Å². The molecule has 1 atom stereocenters. The van der Waals surface area contributed by atoms with Gasteiger partial charge in [-0.2, -0.15) is 5.10 Å². The molecule has 0 aliphatic carbocycles. The van der Waals surface area contributed by atoms with Gasteiger partial charge in [-0.3, -0.25) is 9.89 Å². The molecule has 1 aliphatic heterocycles. The van der Waals surface area contributed by atoms with Crippen LogP contribution in [0.15, 0.2) is 18.2 Å². The molecule has 1 amide bonds. The van der Waals surface area contributed by atoms with Gasteiger partial charge in [0, 0.05) is 35.6 Å². The average molecular weight is 264 g/mol. The molecule has 5 heteroatoms. The molecule has 1 aromatic carbocycles. The number of amides is 1. The van der Waals surface area contributed by atoms with Gasteiger partial charge in [-0.1, -0.05) is 0 Å². The third-order valence-corrected chi connectivity index (χ3v) is 3.90. The van der Waals surface area contributed by atoms with Crippen molar-refractivity contribution in [2.75, 3.05) is 17.3 Å². The molecule has 2 aromatic rings. The second kappa shape index (κ2) is 4.28. The van der Waals surface area contributed by atoms with Crippen molar-refractivity contribution in [1.29, 1.82) is 0 Å². The number of hydrogen-bond donors (Lipinski definition) is 1. The highest BCUT2D eigenvalue weighted by Crippen LogP contribution is 2.28. The van der Waals surface area contributed by atoms with E-state index in [1.807, 2.05) is 25.1 Å². The average Bonchev–Trinajstić information content (AvgIpc) is 2.93. The van der Waals surface area contributed by atoms with Crippen LogP contribution in [0.4, 0.5) is 5.69 Å². The predicted octanol–water partition coefficient (Wildman–Crippen LogP) is 2.46. The van der Waals surface area contributed by atoms with Crippen LogP contribution in [0.25, 0.3) is 10.9 Å². The maximum atomic E-state index is 11.9. The number of nitrogens with zero attached hydrogens (tertiary/aromatic N) is 2. The normalized spacial score (nSPS) is 20.0. The van der Waals surface area contributed by atoms with Gasteiger partial charge < -0.3 is 4.90 Å². The lowest BCUT2D eigenvalue weighted by atomic mass is 10.1. The molecule has 2 heterocycles. The monoisotopic (exact) mass is 263 g/mol. The van der Waals surface area contributed by atoms with Crippen molar-refractivity contribution in [2.45, 2.75) is 13.3 Å². The zero-order valence-electron chi connectivity index (χ0n) is 10.1. The van der Waals surface area contributed by atoms with Gasteiger partial charge in [0.05, 0.1) is 5.52 Å². The predicted molar refractivity (Wildman–Crippen MR) is 72.0 cm³/mol. The maximum absolute atomic E-state index is 11.9. The maximum Gasteiger partial charge on any atom is 0.227 e. The molecule has 0 spiro atoms. The third-order valence-electron chi connectivity index (χ3n) is 3.46. The van der Waals surface area contributed by atoms with E-state index >= 15 is 0 Å². The Hall–Kier alpha value is -1.55. The summed E-state index contributed by atoms with van der Waals surface area (Å²) in [6, 6.07) is 5.93. The number of carbonyl (C=O) groups excluding carboxylic acids is 1. The summed E-state index contributed by atoms with van der Waals surface area (Å²) in [5.74, 6) is 0.939. The van der Waals surface area contributed by atoms with Crippen LogP contribution < -0.4 is 4.90 Å². The Kier molecular flexibility index (Phi) is 2.74. The lowest BCUT2D eigenvalue weighted by Gasteiger charge is -2.16. The summed E-state index contributed by atoms with van der Waals surface area (Å²) < 4.78 is 0. The summed E-state index contributed by atoms with van der Waals surface area (Å²) in [6.07, 6.45) is 0.543. The number of aromatic amines is 1. The topological polar surface area (TPSA) is 49.0 Å². The zero-order chi connectivity index (χ0) is 12.7. The molecule has 1 aliphatic rings. The standard InChI is InChI=1S/C13H14ClN3O/c1-8-11-3-2-10(5-12(11)16-15-8)17-7-9(6-14)4-13(17)18/h2-3,5,9H,4,6-7H2,1H3,(H,15,16). The second-order valence-electron chi connectivity index (χ2n) is 4.78. The number of halogens is 1. The van der Waals surface area contributed by atoms with E-state index < -0.39 is 0 Å². The molecule has 1 fully saturated rings. The van der Waals surface area contributed by atoms with Gasteiger partial charge in [-0.05, 0) is 31.0 Å². The Morgan fingerprint density at radius 2 is 2.39 bits per heavy atom. The van der Waals surface area contributed by atoms with Gasteiger partial charge in [0.15, 0.2) is 0 Å². The van der Waals surface area contributed by atoms with Crippen molar-refractivity contribution in [3.05, 3.63) is 23.9 Å². The fourth-order valence-electron chi connectivity index (χ4n) is 2.44. The summed E-state index contributed by atoms with van der Waals surface area (Å²) in [5, 5.41) is 8.27. The molecule has 94 valence electrons. The molecule has 0 bridgehead atoms. The second-order valence-corrected chi connectivity index (χ2v) is 5.09. The van der Waals surface area contributed by atoms with Crippen molar-refractivity contribution in [3.63, 3.8) is 0 Å². The van der Waals surface area contributed by atoms with Gasteiger partial charge in [0.2, 0.25) is 5.91 Å². The Morgan fingerprint density at radius 1 is 1.56 bits per heavy atom. The van der Waals surface area contributed by atoms with Gasteiger partial charge in [0.25, 0.3) is 0 Å². The summed E-state index contributed by atoms with van der Waals surface area (Å²) in [6.45, 7) is 2.69. The van der Waals surface area contributed by atoms with Crippen molar-refractivity contribution >= 4 is 34.1 Å². The van der Waals surface area contributed by atoms with E-state index in [1.54, 1.807) is 4.90 Å². The summed E-state index contributed by atoms with van der Waals surface area (Å²) in [5.41, 5.74) is 2.85. The zero-order valence-corrected chi connectivity index (χ0v) is 10.9. The van der Waals surface area contributed by atoms with Crippen LogP contribution in [-0.2, 0) is 4.79 Å². The quantitative estimate of drug-likeness (QED) is 0.846. The molecular formula is C13H14ClN3O. The highest BCUT2D eigenvalue weighted by Gasteiger charge is 2.30. The lowest BCUT2D eigenvalue weighted by Crippen LogP contribution is -2.24. The van der Waals surface area contributed by atoms with E-state index in [2.05, 4.69) is 10.2 Å². The van der Waals surface area contributed by atoms with Crippen LogP contribution in [0.1, 0.15) is 12.1 Å². The minimum atomic E-state index is 0.146. The number of rotatable bonds is 2. The van der Waals surface area contributed by atoms with Gasteiger partial charge >= 0.3 is 0 Å². The molecule has 4 nitrogen and oxygen atoms in total. The first-order valence-electron chi connectivity index (χ1n) is 6.00. The van der Waals surface area contributed by atoms with Crippen molar-refractivity contribution < 1.29 is 4.79 Å². The van der Waals surface area contributed by atoms with Crippen LogP contribution in [0.5, 0.6) is 0 Å². The fraction of sp³-hybridized carbons (Fsp3) is 0.385. The van der Waals surface area contributed by atoms with Gasteiger partial charge in [-0.15, -0.1) is 11.6 Å². The summed E-state index contributed by atoms with van der Waals surface area (Å²) in [4.78, 5) is 13.7. The number of alkyl halides is 1. The number of carbonyl (C=O) groups is 1. The van der Waals surface area contributed by atoms with E-state index in [1.165, 1.54) is 0 Å². The molecule has 18 heavy (non-hydrogen) atoms. The molecule has 1 N–H and O–H groups in total. The van der Waals surface area contributed by atoms with Crippen LogP contribution >= 0.6 is 11.6 Å². The number of nitrogens with one attached hydrogen (secondary N) is 1. The van der Waals surface area contributed by atoms with E-state index in [9.17, 15) is 4.79 Å². The largest absolute Gasteiger partial charge is 0.312 e. The Balaban J connectivity index is 1.97. The first kappa shape index (κ1) is 11.5. The third kappa shape index (κ3) is 1.77. The molecule has 3 rings (SSSR count). The summed E-state index contributed by atoms with van der Waals surface area (Å²) >= 11 is 5.83. The molecule has 0 saturated carbocycles. The molecule has 0 radical (unpaired) electrons. The number of anilines is 1. The summed E-state index contributed by atoms with van der Waals surface area (Å²) in [7, 11) is 0. The number of fused-ring (bicyclic) bond motifs is 1. The number of aromatic nitrogens is 2. The minimum absolute atomic E-state index is 0.146. The minimum Gasteiger partial charge on any atom is -0.312 e. The van der Waals surface area contributed by atoms with Gasteiger partial charge in [-0.25, -0.2) is 0 Å². The molecule has 1 saturated heterocycles. The Morgan fingerprint density at radius 3 is 3.11 bits per heavy atom. The molecular weight excluding hydrogens is 250 g/mol. The van der Waals surface area contributed by atoms with Crippen LogP contribution in [0.3, 0.4) is 0 Å². The van der Waals surface area contributed by atoms with Crippen molar-refractivity contribution in [3.8, 4) is 0 Å². The molecule has 1 unspecified atom stereocenters. The highest BCUT2D eigenvalue weighted by atomic mass is 35.5. The van der Waals surface area contributed by atoms with Gasteiger partial charge in [0.1, 0.15) is 0 Å². The smallest absolute Gasteiger partial charge is 0.227 e. The fourth-order valence-corrected chi connectivity index (χ4v) is 2.64. The number of H-pyrrole nitrogens is 1. The van der Waals surface area contributed by atoms with E-state index in [4.69, 9.17) is 11.6 Å². The van der Waals surface area contributed by atoms with Crippen LogP contribution in [0, 0.1) is 12.8 Å².